The van der Waals surface area contributed by atoms with Gasteiger partial charge in [-0.05, 0) is 37.5 Å². The number of hydrogen-bond donors (Lipinski definition) is 1. The number of benzene rings is 1. The maximum Gasteiger partial charge on any atom is 0.232 e. The molecule has 1 amide bonds. The van der Waals surface area contributed by atoms with E-state index in [1.54, 1.807) is 13.2 Å². The molecule has 0 aliphatic heterocycles. The van der Waals surface area contributed by atoms with Crippen molar-refractivity contribution >= 4 is 21.6 Å². The summed E-state index contributed by atoms with van der Waals surface area (Å²) in [5.41, 5.74) is 2.54. The molecule has 0 atom stereocenters. The van der Waals surface area contributed by atoms with Gasteiger partial charge in [0.1, 0.15) is 0 Å². The molecule has 0 bridgehead atoms. The molecule has 0 aliphatic rings. The normalized spacial score (nSPS) is 11.3. The van der Waals surface area contributed by atoms with Crippen LogP contribution in [-0.2, 0) is 19.6 Å². The lowest BCUT2D eigenvalue weighted by atomic mass is 10.1. The molecule has 7 heteroatoms. The van der Waals surface area contributed by atoms with E-state index < -0.39 is 10.0 Å². The number of ether oxygens (including phenoxy) is 1. The van der Waals surface area contributed by atoms with Crippen LogP contribution in [0.5, 0.6) is 0 Å². The molecule has 6 nitrogen and oxygen atoms in total. The van der Waals surface area contributed by atoms with Crippen LogP contribution in [0.3, 0.4) is 0 Å². The Balaban J connectivity index is 2.74. The monoisotopic (exact) mass is 342 g/mol. The molecule has 23 heavy (non-hydrogen) atoms. The fraction of sp³-hybridized carbons (Fsp3) is 0.562. The number of hydrogen-bond acceptors (Lipinski definition) is 4. The van der Waals surface area contributed by atoms with Crippen LogP contribution in [0.25, 0.3) is 0 Å². The van der Waals surface area contributed by atoms with Gasteiger partial charge in [-0.25, -0.2) is 8.42 Å². The van der Waals surface area contributed by atoms with Gasteiger partial charge in [0, 0.05) is 33.2 Å². The molecule has 0 fully saturated rings. The number of rotatable bonds is 9. The maximum atomic E-state index is 12.1. The van der Waals surface area contributed by atoms with E-state index in [4.69, 9.17) is 4.74 Å². The largest absolute Gasteiger partial charge is 0.385 e. The highest BCUT2D eigenvalue weighted by Crippen LogP contribution is 2.25. The second kappa shape index (κ2) is 8.88. The molecule has 0 saturated carbocycles. The van der Waals surface area contributed by atoms with Crippen LogP contribution in [0.1, 0.15) is 24.0 Å². The van der Waals surface area contributed by atoms with Crippen molar-refractivity contribution in [1.29, 1.82) is 0 Å². The lowest BCUT2D eigenvalue weighted by Gasteiger charge is -2.24. The van der Waals surface area contributed by atoms with Gasteiger partial charge < -0.3 is 10.1 Å². The fourth-order valence-corrected chi connectivity index (χ4v) is 3.18. The molecular formula is C16H26N2O4S. The highest BCUT2D eigenvalue weighted by atomic mass is 32.2. The Morgan fingerprint density at radius 2 is 2.00 bits per heavy atom. The molecule has 1 rings (SSSR count). The van der Waals surface area contributed by atoms with E-state index in [2.05, 4.69) is 5.32 Å². The summed E-state index contributed by atoms with van der Waals surface area (Å²) in [7, 11) is -1.84. The van der Waals surface area contributed by atoms with Gasteiger partial charge in [0.15, 0.2) is 0 Å². The van der Waals surface area contributed by atoms with Crippen molar-refractivity contribution in [2.45, 2.75) is 26.7 Å². The van der Waals surface area contributed by atoms with Crippen molar-refractivity contribution in [3.63, 3.8) is 0 Å². The van der Waals surface area contributed by atoms with Gasteiger partial charge in [-0.15, -0.1) is 0 Å². The number of aryl methyl sites for hydroxylation is 1. The van der Waals surface area contributed by atoms with Crippen LogP contribution in [0.2, 0.25) is 0 Å². The molecule has 1 N–H and O–H groups in total. The van der Waals surface area contributed by atoms with Crippen LogP contribution in [-0.4, -0.2) is 47.4 Å². The number of sulfonamides is 1. The van der Waals surface area contributed by atoms with E-state index in [1.807, 2.05) is 26.0 Å². The van der Waals surface area contributed by atoms with Crippen molar-refractivity contribution in [2.75, 3.05) is 37.4 Å². The molecule has 0 radical (unpaired) electrons. The number of carbonyl (C=O) groups is 1. The molecule has 1 aromatic rings. The summed E-state index contributed by atoms with van der Waals surface area (Å²) in [6.45, 7) is 5.04. The Labute approximate surface area is 138 Å². The van der Waals surface area contributed by atoms with Crippen molar-refractivity contribution < 1.29 is 17.9 Å². The predicted molar refractivity (Wildman–Crippen MR) is 92.2 cm³/mol. The minimum atomic E-state index is -3.45. The maximum absolute atomic E-state index is 12.1. The van der Waals surface area contributed by atoms with Crippen LogP contribution in [0.4, 0.5) is 5.69 Å². The molecule has 0 saturated heterocycles. The Kier molecular flexibility index (Phi) is 7.51. The molecule has 0 spiro atoms. The topological polar surface area (TPSA) is 75.7 Å². The first-order valence-corrected chi connectivity index (χ1v) is 9.41. The second-order valence-corrected chi connectivity index (χ2v) is 7.41. The molecule has 0 aromatic heterocycles. The number of nitrogens with one attached hydrogen (secondary N) is 1. The van der Waals surface area contributed by atoms with E-state index in [9.17, 15) is 13.2 Å². The van der Waals surface area contributed by atoms with Gasteiger partial charge in [-0.1, -0.05) is 12.1 Å². The van der Waals surface area contributed by atoms with E-state index in [-0.39, 0.29) is 18.9 Å². The summed E-state index contributed by atoms with van der Waals surface area (Å²) in [5.74, 6) is -0.167. The second-order valence-electron chi connectivity index (χ2n) is 5.50. The van der Waals surface area contributed by atoms with Gasteiger partial charge in [0.2, 0.25) is 15.9 Å². The molecule has 1 aromatic carbocycles. The summed E-state index contributed by atoms with van der Waals surface area (Å²) < 4.78 is 30.4. The smallest absolute Gasteiger partial charge is 0.232 e. The van der Waals surface area contributed by atoms with Gasteiger partial charge >= 0.3 is 0 Å². The number of anilines is 1. The van der Waals surface area contributed by atoms with Crippen molar-refractivity contribution in [3.05, 3.63) is 29.3 Å². The SMILES string of the molecule is COCCCNC(=O)CCN(c1cccc(C)c1C)S(C)(=O)=O. The Morgan fingerprint density at radius 1 is 1.30 bits per heavy atom. The van der Waals surface area contributed by atoms with Gasteiger partial charge in [-0.3, -0.25) is 9.10 Å². The van der Waals surface area contributed by atoms with Crippen LogP contribution in [0.15, 0.2) is 18.2 Å². The van der Waals surface area contributed by atoms with Crippen LogP contribution >= 0.6 is 0 Å². The minimum Gasteiger partial charge on any atom is -0.385 e. The molecule has 0 heterocycles. The third-order valence-electron chi connectivity index (χ3n) is 3.63. The zero-order chi connectivity index (χ0) is 17.5. The number of nitrogens with zero attached hydrogens (tertiary/aromatic N) is 1. The zero-order valence-corrected chi connectivity index (χ0v) is 15.1. The predicted octanol–water partition coefficient (Wildman–Crippen LogP) is 1.61. The average molecular weight is 342 g/mol. The first-order valence-electron chi connectivity index (χ1n) is 7.57. The first kappa shape index (κ1) is 19.4. The van der Waals surface area contributed by atoms with E-state index in [0.717, 1.165) is 23.8 Å². The zero-order valence-electron chi connectivity index (χ0n) is 14.3. The molecular weight excluding hydrogens is 316 g/mol. The first-order chi connectivity index (χ1) is 10.8. The highest BCUT2D eigenvalue weighted by molar-refractivity contribution is 7.92. The minimum absolute atomic E-state index is 0.118. The quantitative estimate of drug-likeness (QED) is 0.692. The van der Waals surface area contributed by atoms with Gasteiger partial charge in [0.25, 0.3) is 0 Å². The average Bonchev–Trinajstić information content (AvgIpc) is 2.46. The number of amides is 1. The third kappa shape index (κ3) is 6.19. The van der Waals surface area contributed by atoms with Crippen molar-refractivity contribution in [1.82, 2.24) is 5.32 Å². The van der Waals surface area contributed by atoms with Gasteiger partial charge in [-0.2, -0.15) is 0 Å². The lowest BCUT2D eigenvalue weighted by molar-refractivity contribution is -0.120. The molecule has 0 aliphatic carbocycles. The van der Waals surface area contributed by atoms with E-state index in [1.165, 1.54) is 4.31 Å². The van der Waals surface area contributed by atoms with Crippen LogP contribution < -0.4 is 9.62 Å². The lowest BCUT2D eigenvalue weighted by Crippen LogP contribution is -2.35. The fourth-order valence-electron chi connectivity index (χ4n) is 2.21. The summed E-state index contributed by atoms with van der Waals surface area (Å²) in [5, 5.41) is 2.76. The van der Waals surface area contributed by atoms with E-state index >= 15 is 0 Å². The number of carbonyl (C=O) groups excluding carboxylic acids is 1. The molecule has 0 unspecified atom stereocenters. The van der Waals surface area contributed by atoms with Crippen molar-refractivity contribution in [2.24, 2.45) is 0 Å². The summed E-state index contributed by atoms with van der Waals surface area (Å²) >= 11 is 0. The highest BCUT2D eigenvalue weighted by Gasteiger charge is 2.20. The Bertz CT molecular complexity index is 629. The third-order valence-corrected chi connectivity index (χ3v) is 4.81. The van der Waals surface area contributed by atoms with E-state index in [0.29, 0.717) is 18.8 Å². The summed E-state index contributed by atoms with van der Waals surface area (Å²) in [4.78, 5) is 11.8. The van der Waals surface area contributed by atoms with Crippen LogP contribution in [0, 0.1) is 13.8 Å². The number of methoxy groups -OCH3 is 1. The standard InChI is InChI=1S/C16H26N2O4S/c1-13-7-5-8-15(14(13)2)18(23(4,20)21)11-9-16(19)17-10-6-12-22-3/h5,7-8H,6,9-12H2,1-4H3,(H,17,19). The van der Waals surface area contributed by atoms with Crippen molar-refractivity contribution in [3.8, 4) is 0 Å². The molecule has 130 valence electrons. The van der Waals surface area contributed by atoms with Gasteiger partial charge in [0.05, 0.1) is 11.9 Å². The summed E-state index contributed by atoms with van der Waals surface area (Å²) in [6, 6.07) is 5.52. The Hall–Kier alpha value is -1.60. The summed E-state index contributed by atoms with van der Waals surface area (Å²) in [6.07, 6.45) is 2.01. The Morgan fingerprint density at radius 3 is 2.61 bits per heavy atom.